The predicted molar refractivity (Wildman–Crippen MR) is 108 cm³/mol. The molecule has 0 bridgehead atoms. The van der Waals surface area contributed by atoms with E-state index >= 15 is 0 Å². The molecule has 2 aromatic rings. The van der Waals surface area contributed by atoms with Crippen molar-refractivity contribution in [2.75, 3.05) is 11.5 Å². The van der Waals surface area contributed by atoms with Crippen molar-refractivity contribution < 1.29 is 9.53 Å². The number of hydrogen-bond acceptors (Lipinski definition) is 4. The monoisotopic (exact) mass is 367 g/mol. The zero-order valence-electron chi connectivity index (χ0n) is 17.1. The van der Waals surface area contributed by atoms with Crippen LogP contribution in [0.25, 0.3) is 0 Å². The van der Waals surface area contributed by atoms with Crippen LogP contribution >= 0.6 is 0 Å². The molecule has 0 aliphatic carbocycles. The van der Waals surface area contributed by atoms with Crippen molar-refractivity contribution in [2.45, 2.75) is 66.7 Å². The minimum Gasteiger partial charge on any atom is -0.477 e. The molecule has 1 aliphatic heterocycles. The second-order valence-corrected chi connectivity index (χ2v) is 7.41. The second kappa shape index (κ2) is 8.07. The summed E-state index contributed by atoms with van der Waals surface area (Å²) in [5.41, 5.74) is 5.22. The summed E-state index contributed by atoms with van der Waals surface area (Å²) in [6.07, 6.45) is 4.36. The Morgan fingerprint density at radius 2 is 1.74 bits per heavy atom. The van der Waals surface area contributed by atoms with Crippen molar-refractivity contribution in [3.8, 4) is 5.88 Å². The number of anilines is 2. The van der Waals surface area contributed by atoms with Crippen LogP contribution in [0.2, 0.25) is 0 Å². The number of hydrogen-bond donors (Lipinski definition) is 0. The number of aromatic nitrogens is 2. The van der Waals surface area contributed by atoms with Gasteiger partial charge in [0, 0.05) is 6.42 Å². The first-order chi connectivity index (χ1) is 12.9. The van der Waals surface area contributed by atoms with E-state index < -0.39 is 0 Å². The van der Waals surface area contributed by atoms with Crippen molar-refractivity contribution in [1.82, 2.24) is 9.97 Å². The number of carbonyl (C=O) groups is 1. The topological polar surface area (TPSA) is 55.3 Å². The first-order valence-electron chi connectivity index (χ1n) is 9.83. The van der Waals surface area contributed by atoms with E-state index in [0.29, 0.717) is 37.0 Å². The van der Waals surface area contributed by atoms with E-state index in [2.05, 4.69) is 35.9 Å². The van der Waals surface area contributed by atoms with Crippen LogP contribution in [-0.4, -0.2) is 22.5 Å². The summed E-state index contributed by atoms with van der Waals surface area (Å²) in [4.78, 5) is 23.8. The number of benzene rings is 1. The molecule has 3 rings (SSSR count). The molecular formula is C22H29N3O2. The van der Waals surface area contributed by atoms with Gasteiger partial charge in [0.25, 0.3) is 0 Å². The van der Waals surface area contributed by atoms with Gasteiger partial charge < -0.3 is 4.74 Å². The number of nitrogens with zero attached hydrogens (tertiary/aromatic N) is 3. The third-order valence-corrected chi connectivity index (χ3v) is 4.95. The average Bonchev–Trinajstić information content (AvgIpc) is 2.59. The Balaban J connectivity index is 2.05. The van der Waals surface area contributed by atoms with Crippen molar-refractivity contribution in [3.63, 3.8) is 0 Å². The summed E-state index contributed by atoms with van der Waals surface area (Å²) >= 11 is 0. The molecule has 2 heterocycles. The van der Waals surface area contributed by atoms with Crippen molar-refractivity contribution in [3.05, 3.63) is 40.2 Å². The van der Waals surface area contributed by atoms with Gasteiger partial charge in [-0.2, -0.15) is 4.98 Å². The molecule has 0 N–H and O–H groups in total. The maximum absolute atomic E-state index is 12.9. The molecule has 0 saturated heterocycles. The summed E-state index contributed by atoms with van der Waals surface area (Å²) < 4.78 is 6.00. The van der Waals surface area contributed by atoms with Crippen LogP contribution in [0.5, 0.6) is 5.88 Å². The highest BCUT2D eigenvalue weighted by atomic mass is 16.5. The van der Waals surface area contributed by atoms with Gasteiger partial charge in [0.1, 0.15) is 5.82 Å². The third kappa shape index (κ3) is 3.97. The Bertz CT molecular complexity index is 838. The van der Waals surface area contributed by atoms with Crippen molar-refractivity contribution in [1.29, 1.82) is 0 Å². The van der Waals surface area contributed by atoms with Crippen LogP contribution in [0.4, 0.5) is 11.5 Å². The van der Waals surface area contributed by atoms with Gasteiger partial charge in [-0.25, -0.2) is 4.98 Å². The van der Waals surface area contributed by atoms with Gasteiger partial charge in [-0.05, 0) is 51.7 Å². The molecule has 0 radical (unpaired) electrons. The van der Waals surface area contributed by atoms with Gasteiger partial charge in [-0.1, -0.05) is 37.5 Å². The Morgan fingerprint density at radius 3 is 2.41 bits per heavy atom. The normalized spacial score (nSPS) is 13.7. The SMILES string of the molecule is CCCCCOc1nc(C)nc2c1CCC(=O)N2c1c(C)cc(C)cc1C. The molecular weight excluding hydrogens is 338 g/mol. The molecule has 144 valence electrons. The minimum absolute atomic E-state index is 0.0765. The van der Waals surface area contributed by atoms with Crippen molar-refractivity contribution in [2.24, 2.45) is 0 Å². The fourth-order valence-corrected chi connectivity index (χ4v) is 3.82. The number of amides is 1. The van der Waals surface area contributed by atoms with E-state index in [0.717, 1.165) is 41.6 Å². The van der Waals surface area contributed by atoms with E-state index in [1.165, 1.54) is 5.56 Å². The fraction of sp³-hybridized carbons (Fsp3) is 0.500. The van der Waals surface area contributed by atoms with Crippen LogP contribution in [0.1, 0.15) is 60.7 Å². The van der Waals surface area contributed by atoms with Crippen LogP contribution in [0.3, 0.4) is 0 Å². The molecule has 0 spiro atoms. The van der Waals surface area contributed by atoms with E-state index in [1.54, 1.807) is 4.90 Å². The molecule has 0 saturated carbocycles. The Hall–Kier alpha value is -2.43. The summed E-state index contributed by atoms with van der Waals surface area (Å²) in [5.74, 6) is 2.02. The quantitative estimate of drug-likeness (QED) is 0.682. The average molecular weight is 367 g/mol. The standard InChI is InChI=1S/C22H29N3O2/c1-6-7-8-11-27-22-18-9-10-19(26)25(21(18)23-17(5)24-22)20-15(3)12-14(2)13-16(20)4/h12-13H,6-11H2,1-5H3. The van der Waals surface area contributed by atoms with Crippen LogP contribution < -0.4 is 9.64 Å². The zero-order valence-corrected chi connectivity index (χ0v) is 17.1. The summed E-state index contributed by atoms with van der Waals surface area (Å²) in [6, 6.07) is 4.22. The molecule has 1 amide bonds. The summed E-state index contributed by atoms with van der Waals surface area (Å²) in [6.45, 7) is 10.8. The summed E-state index contributed by atoms with van der Waals surface area (Å²) in [5, 5.41) is 0. The number of unbranched alkanes of at least 4 members (excludes halogenated alkanes) is 2. The van der Waals surface area contributed by atoms with E-state index in [1.807, 2.05) is 20.8 Å². The minimum atomic E-state index is 0.0765. The van der Waals surface area contributed by atoms with Crippen LogP contribution in [-0.2, 0) is 11.2 Å². The Labute approximate surface area is 161 Å². The molecule has 27 heavy (non-hydrogen) atoms. The van der Waals surface area contributed by atoms with E-state index in [-0.39, 0.29) is 5.91 Å². The first kappa shape index (κ1) is 19.3. The largest absolute Gasteiger partial charge is 0.477 e. The second-order valence-electron chi connectivity index (χ2n) is 7.41. The fourth-order valence-electron chi connectivity index (χ4n) is 3.82. The van der Waals surface area contributed by atoms with Gasteiger partial charge in [-0.3, -0.25) is 9.69 Å². The van der Waals surface area contributed by atoms with Gasteiger partial charge in [0.05, 0.1) is 17.9 Å². The lowest BCUT2D eigenvalue weighted by Gasteiger charge is -2.31. The highest BCUT2D eigenvalue weighted by Gasteiger charge is 2.32. The molecule has 1 aromatic heterocycles. The number of aryl methyl sites for hydroxylation is 4. The van der Waals surface area contributed by atoms with Gasteiger partial charge in [0.2, 0.25) is 11.8 Å². The van der Waals surface area contributed by atoms with Gasteiger partial charge in [-0.15, -0.1) is 0 Å². The van der Waals surface area contributed by atoms with E-state index in [4.69, 9.17) is 4.74 Å². The lowest BCUT2D eigenvalue weighted by Crippen LogP contribution is -2.33. The van der Waals surface area contributed by atoms with Crippen LogP contribution in [0.15, 0.2) is 12.1 Å². The van der Waals surface area contributed by atoms with Gasteiger partial charge >= 0.3 is 0 Å². The maximum Gasteiger partial charge on any atom is 0.233 e. The number of carbonyl (C=O) groups excluding carboxylic acids is 1. The molecule has 1 aliphatic rings. The third-order valence-electron chi connectivity index (χ3n) is 4.95. The Kier molecular flexibility index (Phi) is 5.78. The van der Waals surface area contributed by atoms with E-state index in [9.17, 15) is 4.79 Å². The highest BCUT2D eigenvalue weighted by Crippen LogP contribution is 2.39. The Morgan fingerprint density at radius 1 is 1.04 bits per heavy atom. The number of rotatable bonds is 6. The molecule has 5 nitrogen and oxygen atoms in total. The number of fused-ring (bicyclic) bond motifs is 1. The molecule has 0 fully saturated rings. The lowest BCUT2D eigenvalue weighted by atomic mass is 9.99. The van der Waals surface area contributed by atoms with Crippen LogP contribution in [0, 0.1) is 27.7 Å². The number of ether oxygens (including phenoxy) is 1. The zero-order chi connectivity index (χ0) is 19.6. The molecule has 0 atom stereocenters. The lowest BCUT2D eigenvalue weighted by molar-refractivity contribution is -0.118. The predicted octanol–water partition coefficient (Wildman–Crippen LogP) is 4.89. The smallest absolute Gasteiger partial charge is 0.233 e. The molecule has 1 aromatic carbocycles. The molecule has 5 heteroatoms. The molecule has 0 unspecified atom stereocenters. The van der Waals surface area contributed by atoms with Gasteiger partial charge in [0.15, 0.2) is 5.82 Å². The van der Waals surface area contributed by atoms with Crippen molar-refractivity contribution >= 4 is 17.4 Å². The highest BCUT2D eigenvalue weighted by molar-refractivity contribution is 6.03. The summed E-state index contributed by atoms with van der Waals surface area (Å²) in [7, 11) is 0. The first-order valence-corrected chi connectivity index (χ1v) is 9.83. The maximum atomic E-state index is 12.9.